The number of benzene rings is 1. The Hall–Kier alpha value is -1.51. The third-order valence-electron chi connectivity index (χ3n) is 3.11. The zero-order valence-corrected chi connectivity index (χ0v) is 11.6. The zero-order valence-electron chi connectivity index (χ0n) is 11.6. The molecular weight excluding hydrogens is 224 g/mol. The lowest BCUT2D eigenvalue weighted by Crippen LogP contribution is -2.35. The molecule has 0 aromatic heterocycles. The predicted molar refractivity (Wildman–Crippen MR) is 76.8 cm³/mol. The monoisotopic (exact) mass is 248 g/mol. The van der Waals surface area contributed by atoms with Gasteiger partial charge in [0.15, 0.2) is 0 Å². The minimum atomic E-state index is 0.122. The minimum absolute atomic E-state index is 0.122. The average molecular weight is 248 g/mol. The van der Waals surface area contributed by atoms with Gasteiger partial charge in [0.2, 0.25) is 5.91 Å². The molecule has 0 aliphatic rings. The molecule has 1 aromatic rings. The van der Waals surface area contributed by atoms with E-state index < -0.39 is 0 Å². The smallest absolute Gasteiger partial charge is 0.222 e. The molecule has 1 N–H and O–H groups in total. The van der Waals surface area contributed by atoms with Crippen LogP contribution in [0.25, 0.3) is 0 Å². The summed E-state index contributed by atoms with van der Waals surface area (Å²) in [7, 11) is 2.04. The lowest BCUT2D eigenvalue weighted by molar-refractivity contribution is -0.124. The summed E-state index contributed by atoms with van der Waals surface area (Å²) in [6.45, 7) is 5.61. The van der Waals surface area contributed by atoms with Crippen molar-refractivity contribution in [3.63, 3.8) is 0 Å². The van der Waals surface area contributed by atoms with Crippen molar-refractivity contribution in [2.45, 2.75) is 26.7 Å². The van der Waals surface area contributed by atoms with Gasteiger partial charge < -0.3 is 10.2 Å². The van der Waals surface area contributed by atoms with E-state index in [-0.39, 0.29) is 11.8 Å². The van der Waals surface area contributed by atoms with Crippen LogP contribution in [-0.2, 0) is 4.79 Å². The number of hydrogen-bond acceptors (Lipinski definition) is 2. The van der Waals surface area contributed by atoms with E-state index in [1.165, 1.54) is 5.69 Å². The van der Waals surface area contributed by atoms with Gasteiger partial charge in [-0.05, 0) is 18.6 Å². The van der Waals surface area contributed by atoms with Gasteiger partial charge in [-0.25, -0.2) is 0 Å². The number of nitrogens with zero attached hydrogens (tertiary/aromatic N) is 1. The van der Waals surface area contributed by atoms with Crippen LogP contribution >= 0.6 is 0 Å². The van der Waals surface area contributed by atoms with Gasteiger partial charge in [-0.3, -0.25) is 4.79 Å². The average Bonchev–Trinajstić information content (AvgIpc) is 2.39. The molecule has 0 saturated carbocycles. The molecule has 3 heteroatoms. The molecule has 0 heterocycles. The number of carbonyl (C=O) groups is 1. The molecule has 1 amide bonds. The Morgan fingerprint density at radius 1 is 1.33 bits per heavy atom. The third-order valence-corrected chi connectivity index (χ3v) is 3.11. The number of carbonyl (C=O) groups excluding carboxylic acids is 1. The lowest BCUT2D eigenvalue weighted by Gasteiger charge is -2.20. The SMILES string of the molecule is CCCC(C)C(=O)NCCN(C)c1ccccc1. The normalized spacial score (nSPS) is 11.9. The van der Waals surface area contributed by atoms with Crippen LogP contribution in [0.3, 0.4) is 0 Å². The standard InChI is InChI=1S/C15H24N2O/c1-4-8-13(2)15(18)16-11-12-17(3)14-9-6-5-7-10-14/h5-7,9-10,13H,4,8,11-12H2,1-3H3,(H,16,18). The fourth-order valence-electron chi connectivity index (χ4n) is 1.90. The van der Waals surface area contributed by atoms with Crippen LogP contribution < -0.4 is 10.2 Å². The highest BCUT2D eigenvalue weighted by atomic mass is 16.1. The quantitative estimate of drug-likeness (QED) is 0.804. The van der Waals surface area contributed by atoms with Crippen LogP contribution in [-0.4, -0.2) is 26.0 Å². The van der Waals surface area contributed by atoms with E-state index in [0.717, 1.165) is 19.4 Å². The fraction of sp³-hybridized carbons (Fsp3) is 0.533. The maximum Gasteiger partial charge on any atom is 0.222 e. The molecule has 0 saturated heterocycles. The molecule has 0 radical (unpaired) electrons. The summed E-state index contributed by atoms with van der Waals surface area (Å²) < 4.78 is 0. The van der Waals surface area contributed by atoms with E-state index in [9.17, 15) is 4.79 Å². The number of likely N-dealkylation sites (N-methyl/N-ethyl adjacent to an activating group) is 1. The number of nitrogens with one attached hydrogen (secondary N) is 1. The molecule has 0 bridgehead atoms. The summed E-state index contributed by atoms with van der Waals surface area (Å²) in [6, 6.07) is 10.2. The second kappa shape index (κ2) is 7.75. The van der Waals surface area contributed by atoms with E-state index >= 15 is 0 Å². The largest absolute Gasteiger partial charge is 0.373 e. The van der Waals surface area contributed by atoms with Crippen molar-refractivity contribution < 1.29 is 4.79 Å². The number of amides is 1. The van der Waals surface area contributed by atoms with Crippen LogP contribution in [0.15, 0.2) is 30.3 Å². The van der Waals surface area contributed by atoms with E-state index in [4.69, 9.17) is 0 Å². The van der Waals surface area contributed by atoms with Crippen molar-refractivity contribution in [1.29, 1.82) is 0 Å². The second-order valence-corrected chi connectivity index (χ2v) is 4.74. The van der Waals surface area contributed by atoms with Crippen molar-refractivity contribution in [3.05, 3.63) is 30.3 Å². The minimum Gasteiger partial charge on any atom is -0.373 e. The first-order chi connectivity index (χ1) is 8.65. The van der Waals surface area contributed by atoms with Gasteiger partial charge >= 0.3 is 0 Å². The molecule has 1 atom stereocenters. The second-order valence-electron chi connectivity index (χ2n) is 4.74. The van der Waals surface area contributed by atoms with E-state index in [2.05, 4.69) is 29.3 Å². The van der Waals surface area contributed by atoms with Crippen molar-refractivity contribution in [3.8, 4) is 0 Å². The summed E-state index contributed by atoms with van der Waals surface area (Å²) in [4.78, 5) is 13.9. The lowest BCUT2D eigenvalue weighted by atomic mass is 10.1. The predicted octanol–water partition coefficient (Wildman–Crippen LogP) is 2.68. The van der Waals surface area contributed by atoms with Gasteiger partial charge in [0.1, 0.15) is 0 Å². The van der Waals surface area contributed by atoms with Gasteiger partial charge in [0, 0.05) is 31.7 Å². The van der Waals surface area contributed by atoms with E-state index in [1.54, 1.807) is 0 Å². The molecule has 0 spiro atoms. The Balaban J connectivity index is 2.27. The third kappa shape index (κ3) is 4.78. The zero-order chi connectivity index (χ0) is 13.4. The van der Waals surface area contributed by atoms with Crippen LogP contribution in [0.5, 0.6) is 0 Å². The summed E-state index contributed by atoms with van der Waals surface area (Å²) in [6.07, 6.45) is 2.01. The molecule has 0 fully saturated rings. The van der Waals surface area contributed by atoms with Crippen LogP contribution in [0.2, 0.25) is 0 Å². The van der Waals surface area contributed by atoms with Crippen LogP contribution in [0.1, 0.15) is 26.7 Å². The highest BCUT2D eigenvalue weighted by molar-refractivity contribution is 5.78. The number of para-hydroxylation sites is 1. The number of anilines is 1. The molecule has 3 nitrogen and oxygen atoms in total. The van der Waals surface area contributed by atoms with Crippen molar-refractivity contribution in [1.82, 2.24) is 5.32 Å². The highest BCUT2D eigenvalue weighted by Gasteiger charge is 2.10. The van der Waals surface area contributed by atoms with Crippen molar-refractivity contribution in [2.75, 3.05) is 25.0 Å². The highest BCUT2D eigenvalue weighted by Crippen LogP contribution is 2.10. The molecular formula is C15H24N2O. The summed E-state index contributed by atoms with van der Waals surface area (Å²) >= 11 is 0. The molecule has 1 rings (SSSR count). The van der Waals surface area contributed by atoms with Crippen LogP contribution in [0, 0.1) is 5.92 Å². The molecule has 1 aromatic carbocycles. The van der Waals surface area contributed by atoms with Gasteiger partial charge in [-0.15, -0.1) is 0 Å². The summed E-state index contributed by atoms with van der Waals surface area (Å²) in [5.74, 6) is 0.287. The maximum atomic E-state index is 11.7. The number of rotatable bonds is 7. The molecule has 0 aliphatic heterocycles. The summed E-state index contributed by atoms with van der Waals surface area (Å²) in [5.41, 5.74) is 1.17. The van der Waals surface area contributed by atoms with E-state index in [1.807, 2.05) is 32.2 Å². The molecule has 18 heavy (non-hydrogen) atoms. The maximum absolute atomic E-state index is 11.7. The topological polar surface area (TPSA) is 32.3 Å². The van der Waals surface area contributed by atoms with Gasteiger partial charge in [0.25, 0.3) is 0 Å². The Morgan fingerprint density at radius 2 is 2.00 bits per heavy atom. The first-order valence-electron chi connectivity index (χ1n) is 6.69. The van der Waals surface area contributed by atoms with Gasteiger partial charge in [0.05, 0.1) is 0 Å². The molecule has 1 unspecified atom stereocenters. The Labute approximate surface area is 110 Å². The molecule has 100 valence electrons. The Bertz CT molecular complexity index is 351. The summed E-state index contributed by atoms with van der Waals surface area (Å²) in [5, 5.41) is 2.99. The number of hydrogen-bond donors (Lipinski definition) is 1. The molecule has 0 aliphatic carbocycles. The van der Waals surface area contributed by atoms with Crippen molar-refractivity contribution in [2.24, 2.45) is 5.92 Å². The fourth-order valence-corrected chi connectivity index (χ4v) is 1.90. The first-order valence-corrected chi connectivity index (χ1v) is 6.69. The van der Waals surface area contributed by atoms with Crippen LogP contribution in [0.4, 0.5) is 5.69 Å². The van der Waals surface area contributed by atoms with Gasteiger partial charge in [-0.2, -0.15) is 0 Å². The first kappa shape index (κ1) is 14.6. The van der Waals surface area contributed by atoms with Crippen molar-refractivity contribution >= 4 is 11.6 Å². The Morgan fingerprint density at radius 3 is 2.61 bits per heavy atom. The Kier molecular flexibility index (Phi) is 6.26. The van der Waals surface area contributed by atoms with Gasteiger partial charge in [-0.1, -0.05) is 38.5 Å². The van der Waals surface area contributed by atoms with E-state index in [0.29, 0.717) is 6.54 Å².